The summed E-state index contributed by atoms with van der Waals surface area (Å²) in [5, 5.41) is 8.24. The third kappa shape index (κ3) is 3.06. The van der Waals surface area contributed by atoms with E-state index < -0.39 is 24.4 Å². The Balaban J connectivity index is 0. The molecular formula is C5H6F6OY. The molecule has 0 aromatic carbocycles. The Bertz CT molecular complexity index is 147. The molecule has 13 heavy (non-hydrogen) atoms. The Kier molecular flexibility index (Phi) is 5.50. The molecule has 0 aliphatic heterocycles. The Labute approximate surface area is 95.4 Å². The number of alkyl halides is 6. The summed E-state index contributed by atoms with van der Waals surface area (Å²) in [5.74, 6) is 0. The van der Waals surface area contributed by atoms with Gasteiger partial charge in [-0.1, -0.05) is 6.92 Å². The van der Waals surface area contributed by atoms with Crippen LogP contribution < -0.4 is 0 Å². The largest absolute Gasteiger partial charge is 0.426 e. The molecule has 0 atom stereocenters. The topological polar surface area (TPSA) is 20.2 Å². The van der Waals surface area contributed by atoms with Crippen LogP contribution in [-0.4, -0.2) is 23.1 Å². The number of hydrogen-bond acceptors (Lipinski definition) is 1. The summed E-state index contributed by atoms with van der Waals surface area (Å²) < 4.78 is 69.8. The van der Waals surface area contributed by atoms with Crippen LogP contribution in [0.2, 0.25) is 0 Å². The molecule has 1 nitrogen and oxygen atoms in total. The summed E-state index contributed by atoms with van der Waals surface area (Å²) in [4.78, 5) is 0. The molecule has 0 amide bonds. The predicted molar refractivity (Wildman–Crippen MR) is 27.4 cm³/mol. The third-order valence-electron chi connectivity index (χ3n) is 1.45. The van der Waals surface area contributed by atoms with Gasteiger partial charge in [-0.3, -0.25) is 0 Å². The Hall–Kier alpha value is 0.644. The van der Waals surface area contributed by atoms with Crippen LogP contribution in [0.15, 0.2) is 0 Å². The SMILES string of the molecule is CCC(O)(C(F)(F)F)C(F)(F)F.[Y]. The minimum absolute atomic E-state index is 0. The Morgan fingerprint density at radius 1 is 0.923 bits per heavy atom. The average Bonchev–Trinajstić information content (AvgIpc) is 1.81. The van der Waals surface area contributed by atoms with Crippen molar-refractivity contribution in [3.63, 3.8) is 0 Å². The molecule has 0 aromatic heterocycles. The summed E-state index contributed by atoms with van der Waals surface area (Å²) in [5.41, 5.74) is -4.58. The predicted octanol–water partition coefficient (Wildman–Crippen LogP) is 2.25. The third-order valence-corrected chi connectivity index (χ3v) is 1.45. The van der Waals surface area contributed by atoms with E-state index in [1.54, 1.807) is 0 Å². The van der Waals surface area contributed by atoms with E-state index in [0.717, 1.165) is 0 Å². The van der Waals surface area contributed by atoms with E-state index >= 15 is 0 Å². The fourth-order valence-electron chi connectivity index (χ4n) is 0.562. The molecule has 0 spiro atoms. The molecule has 0 saturated heterocycles. The first-order chi connectivity index (χ1) is 5.06. The van der Waals surface area contributed by atoms with Crippen LogP contribution in [-0.2, 0) is 32.7 Å². The maximum absolute atomic E-state index is 11.6. The zero-order valence-corrected chi connectivity index (χ0v) is 9.34. The van der Waals surface area contributed by atoms with Crippen molar-refractivity contribution in [2.24, 2.45) is 0 Å². The van der Waals surface area contributed by atoms with Crippen molar-refractivity contribution in [3.05, 3.63) is 0 Å². The van der Waals surface area contributed by atoms with Gasteiger partial charge < -0.3 is 5.11 Å². The number of rotatable bonds is 1. The van der Waals surface area contributed by atoms with Gasteiger partial charge in [-0.15, -0.1) is 0 Å². The van der Waals surface area contributed by atoms with Gasteiger partial charge in [0.15, 0.2) is 0 Å². The second-order valence-corrected chi connectivity index (χ2v) is 2.21. The molecule has 8 heteroatoms. The van der Waals surface area contributed by atoms with Crippen molar-refractivity contribution < 1.29 is 64.2 Å². The molecule has 0 rings (SSSR count). The van der Waals surface area contributed by atoms with Crippen molar-refractivity contribution in [1.29, 1.82) is 0 Å². The smallest absolute Gasteiger partial charge is 0.374 e. The second-order valence-electron chi connectivity index (χ2n) is 2.21. The van der Waals surface area contributed by atoms with Gasteiger partial charge in [-0.25, -0.2) is 0 Å². The van der Waals surface area contributed by atoms with Crippen LogP contribution in [0.5, 0.6) is 0 Å². The summed E-state index contributed by atoms with van der Waals surface area (Å²) >= 11 is 0. The van der Waals surface area contributed by atoms with Gasteiger partial charge in [0.25, 0.3) is 5.60 Å². The van der Waals surface area contributed by atoms with E-state index in [1.165, 1.54) is 0 Å². The standard InChI is InChI=1S/C5H6F6O.Y/c1-2-3(12,4(6,7)8)5(9,10)11;/h12H,2H2,1H3;. The van der Waals surface area contributed by atoms with Crippen LogP contribution in [0.3, 0.4) is 0 Å². The van der Waals surface area contributed by atoms with Gasteiger partial charge in [0.2, 0.25) is 0 Å². The van der Waals surface area contributed by atoms with Crippen molar-refractivity contribution >= 4 is 0 Å². The van der Waals surface area contributed by atoms with Crippen LogP contribution in [0.4, 0.5) is 26.3 Å². The maximum atomic E-state index is 11.6. The first-order valence-electron chi connectivity index (χ1n) is 2.92. The van der Waals surface area contributed by atoms with E-state index in [0.29, 0.717) is 6.92 Å². The van der Waals surface area contributed by atoms with Crippen molar-refractivity contribution in [3.8, 4) is 0 Å². The quantitative estimate of drug-likeness (QED) is 0.733. The molecule has 0 aliphatic carbocycles. The van der Waals surface area contributed by atoms with E-state index in [4.69, 9.17) is 5.11 Å². The molecule has 0 aromatic rings. The Morgan fingerprint density at radius 2 is 1.15 bits per heavy atom. The molecule has 0 bridgehead atoms. The van der Waals surface area contributed by atoms with Gasteiger partial charge in [-0.2, -0.15) is 26.3 Å². The van der Waals surface area contributed by atoms with Gasteiger partial charge >= 0.3 is 12.4 Å². The summed E-state index contributed by atoms with van der Waals surface area (Å²) in [6.07, 6.45) is -12.8. The maximum Gasteiger partial charge on any atom is 0.426 e. The average molecular weight is 285 g/mol. The monoisotopic (exact) mass is 285 g/mol. The van der Waals surface area contributed by atoms with Gasteiger partial charge in [-0.05, 0) is 6.42 Å². The van der Waals surface area contributed by atoms with Crippen LogP contribution in [0, 0.1) is 0 Å². The molecule has 77 valence electrons. The zero-order valence-electron chi connectivity index (χ0n) is 6.50. The van der Waals surface area contributed by atoms with Crippen molar-refractivity contribution in [2.75, 3.05) is 0 Å². The van der Waals surface area contributed by atoms with Crippen molar-refractivity contribution in [1.82, 2.24) is 0 Å². The van der Waals surface area contributed by atoms with Crippen molar-refractivity contribution in [2.45, 2.75) is 31.3 Å². The fourth-order valence-corrected chi connectivity index (χ4v) is 0.562. The normalized spacial score (nSPS) is 13.8. The fraction of sp³-hybridized carbons (Fsp3) is 1.00. The number of aliphatic hydroxyl groups is 1. The molecule has 0 saturated carbocycles. The zero-order chi connectivity index (χ0) is 10.2. The molecule has 1 radical (unpaired) electrons. The van der Waals surface area contributed by atoms with Crippen LogP contribution >= 0.6 is 0 Å². The van der Waals surface area contributed by atoms with Crippen LogP contribution in [0.25, 0.3) is 0 Å². The van der Waals surface area contributed by atoms with E-state index in [1.807, 2.05) is 0 Å². The van der Waals surface area contributed by atoms with E-state index in [-0.39, 0.29) is 32.7 Å². The second kappa shape index (κ2) is 4.44. The minimum atomic E-state index is -5.68. The summed E-state index contributed by atoms with van der Waals surface area (Å²) in [7, 11) is 0. The molecule has 0 unspecified atom stereocenters. The number of hydrogen-bond donors (Lipinski definition) is 1. The van der Waals surface area contributed by atoms with Crippen LogP contribution in [0.1, 0.15) is 13.3 Å². The Morgan fingerprint density at radius 3 is 1.15 bits per heavy atom. The number of halogens is 6. The van der Waals surface area contributed by atoms with E-state index in [2.05, 4.69) is 0 Å². The minimum Gasteiger partial charge on any atom is -0.374 e. The molecule has 0 heterocycles. The summed E-state index contributed by atoms with van der Waals surface area (Å²) in [6.45, 7) is 0.612. The molecular weight excluding hydrogens is 279 g/mol. The van der Waals surface area contributed by atoms with Gasteiger partial charge in [0.1, 0.15) is 0 Å². The van der Waals surface area contributed by atoms with Gasteiger partial charge in [0, 0.05) is 32.7 Å². The van der Waals surface area contributed by atoms with E-state index in [9.17, 15) is 26.3 Å². The first-order valence-corrected chi connectivity index (χ1v) is 2.92. The molecule has 0 fully saturated rings. The molecule has 0 aliphatic rings. The van der Waals surface area contributed by atoms with Gasteiger partial charge in [0.05, 0.1) is 0 Å². The first kappa shape index (κ1) is 16.1. The summed E-state index contributed by atoms with van der Waals surface area (Å²) in [6, 6.07) is 0. The molecule has 1 N–H and O–H groups in total.